The number of hydrogen-bond acceptors (Lipinski definition) is 4. The van der Waals surface area contributed by atoms with Crippen LogP contribution in [0.5, 0.6) is 0 Å². The van der Waals surface area contributed by atoms with Crippen LogP contribution < -0.4 is 5.73 Å². The highest BCUT2D eigenvalue weighted by atomic mass is 16.4. The smallest absolute Gasteiger partial charge is 0.317 e. The second kappa shape index (κ2) is 9.11. The van der Waals surface area contributed by atoms with Gasteiger partial charge in [0.25, 0.3) is 0 Å². The van der Waals surface area contributed by atoms with E-state index in [0.29, 0.717) is 6.54 Å². The summed E-state index contributed by atoms with van der Waals surface area (Å²) in [7, 11) is 0. The van der Waals surface area contributed by atoms with Crippen molar-refractivity contribution in [1.82, 2.24) is 4.90 Å². The van der Waals surface area contributed by atoms with Gasteiger partial charge in [0.1, 0.15) is 0 Å². The molecule has 0 rings (SSSR count). The SMILES string of the molecule is NC(=O)CN(CCCCCCO)CC(=O)O. The minimum absolute atomic E-state index is 0.0215. The summed E-state index contributed by atoms with van der Waals surface area (Å²) >= 11 is 0. The number of nitrogens with two attached hydrogens (primary N) is 1. The van der Waals surface area contributed by atoms with Gasteiger partial charge in [-0.3, -0.25) is 14.5 Å². The maximum Gasteiger partial charge on any atom is 0.317 e. The van der Waals surface area contributed by atoms with Crippen LogP contribution in [0.25, 0.3) is 0 Å². The monoisotopic (exact) mass is 232 g/mol. The molecule has 0 bridgehead atoms. The number of carbonyl (C=O) groups is 2. The van der Waals surface area contributed by atoms with E-state index in [9.17, 15) is 9.59 Å². The molecule has 0 radical (unpaired) electrons. The first kappa shape index (κ1) is 14.9. The molecule has 0 aliphatic rings. The van der Waals surface area contributed by atoms with E-state index in [2.05, 4.69) is 0 Å². The number of aliphatic hydroxyl groups excluding tert-OH is 1. The highest BCUT2D eigenvalue weighted by molar-refractivity contribution is 5.77. The molecule has 0 fully saturated rings. The van der Waals surface area contributed by atoms with Crippen molar-refractivity contribution in [2.24, 2.45) is 5.73 Å². The standard InChI is InChI=1S/C10H20N2O4/c11-9(14)7-12(8-10(15)16)5-3-1-2-4-6-13/h13H,1-8H2,(H2,11,14)(H,15,16). The van der Waals surface area contributed by atoms with Gasteiger partial charge >= 0.3 is 5.97 Å². The number of carbonyl (C=O) groups excluding carboxylic acids is 1. The van der Waals surface area contributed by atoms with E-state index in [-0.39, 0.29) is 19.7 Å². The summed E-state index contributed by atoms with van der Waals surface area (Å²) in [6, 6.07) is 0. The summed E-state index contributed by atoms with van der Waals surface area (Å²) in [6.45, 7) is 0.538. The lowest BCUT2D eigenvalue weighted by Crippen LogP contribution is -2.37. The van der Waals surface area contributed by atoms with Gasteiger partial charge in [-0.05, 0) is 19.4 Å². The van der Waals surface area contributed by atoms with E-state index in [1.165, 1.54) is 4.90 Å². The Morgan fingerprint density at radius 2 is 1.69 bits per heavy atom. The van der Waals surface area contributed by atoms with E-state index >= 15 is 0 Å². The number of hydrogen-bond donors (Lipinski definition) is 3. The molecule has 0 aromatic heterocycles. The van der Waals surface area contributed by atoms with Crippen molar-refractivity contribution < 1.29 is 19.8 Å². The van der Waals surface area contributed by atoms with Crippen molar-refractivity contribution >= 4 is 11.9 Å². The van der Waals surface area contributed by atoms with Gasteiger partial charge in [-0.15, -0.1) is 0 Å². The number of carboxylic acid groups (broad SMARTS) is 1. The second-order valence-corrected chi connectivity index (χ2v) is 3.71. The number of nitrogens with zero attached hydrogens (tertiary/aromatic N) is 1. The van der Waals surface area contributed by atoms with Crippen molar-refractivity contribution in [1.29, 1.82) is 0 Å². The molecule has 0 aromatic carbocycles. The number of amides is 1. The quantitative estimate of drug-likeness (QED) is 0.437. The molecule has 0 spiro atoms. The zero-order valence-electron chi connectivity index (χ0n) is 9.39. The minimum atomic E-state index is -0.961. The van der Waals surface area contributed by atoms with Crippen LogP contribution in [-0.2, 0) is 9.59 Å². The van der Waals surface area contributed by atoms with Crippen LogP contribution in [0.2, 0.25) is 0 Å². The Morgan fingerprint density at radius 1 is 1.06 bits per heavy atom. The van der Waals surface area contributed by atoms with E-state index in [0.717, 1.165) is 25.7 Å². The Labute approximate surface area is 95.0 Å². The molecule has 0 aromatic rings. The van der Waals surface area contributed by atoms with Gasteiger partial charge in [-0.25, -0.2) is 0 Å². The molecule has 4 N–H and O–H groups in total. The Kier molecular flexibility index (Phi) is 8.46. The van der Waals surface area contributed by atoms with Gasteiger partial charge in [0.05, 0.1) is 13.1 Å². The molecule has 0 unspecified atom stereocenters. The fraction of sp³-hybridized carbons (Fsp3) is 0.800. The maximum atomic E-state index is 10.7. The number of aliphatic carboxylic acids is 1. The first-order valence-corrected chi connectivity index (χ1v) is 5.39. The van der Waals surface area contributed by atoms with Crippen molar-refractivity contribution in [3.05, 3.63) is 0 Å². The highest BCUT2D eigenvalue weighted by Crippen LogP contribution is 2.01. The lowest BCUT2D eigenvalue weighted by molar-refractivity contribution is -0.138. The lowest BCUT2D eigenvalue weighted by Gasteiger charge is -2.17. The number of rotatable bonds is 10. The fourth-order valence-electron chi connectivity index (χ4n) is 1.43. The zero-order valence-corrected chi connectivity index (χ0v) is 9.39. The second-order valence-electron chi connectivity index (χ2n) is 3.71. The van der Waals surface area contributed by atoms with Gasteiger partial charge in [-0.1, -0.05) is 12.8 Å². The van der Waals surface area contributed by atoms with Crippen LogP contribution in [0.4, 0.5) is 0 Å². The zero-order chi connectivity index (χ0) is 12.4. The third-order valence-corrected chi connectivity index (χ3v) is 2.12. The Hall–Kier alpha value is -1.14. The van der Waals surface area contributed by atoms with Crippen LogP contribution in [-0.4, -0.2) is 53.2 Å². The molecular weight excluding hydrogens is 212 g/mol. The first-order chi connectivity index (χ1) is 7.56. The van der Waals surface area contributed by atoms with Gasteiger partial charge < -0.3 is 15.9 Å². The molecule has 0 atom stereocenters. The molecule has 0 saturated heterocycles. The van der Waals surface area contributed by atoms with Crippen molar-refractivity contribution in [3.63, 3.8) is 0 Å². The Bertz CT molecular complexity index is 205. The largest absolute Gasteiger partial charge is 0.480 e. The van der Waals surface area contributed by atoms with Gasteiger partial charge in [0, 0.05) is 6.61 Å². The van der Waals surface area contributed by atoms with Crippen LogP contribution in [0.1, 0.15) is 25.7 Å². The van der Waals surface area contributed by atoms with E-state index in [1.54, 1.807) is 0 Å². The summed E-state index contributed by atoms with van der Waals surface area (Å²) in [5.74, 6) is -1.48. The Morgan fingerprint density at radius 3 is 2.19 bits per heavy atom. The summed E-state index contributed by atoms with van der Waals surface area (Å²) < 4.78 is 0. The van der Waals surface area contributed by atoms with Crippen molar-refractivity contribution in [2.45, 2.75) is 25.7 Å². The van der Waals surface area contributed by atoms with Gasteiger partial charge in [-0.2, -0.15) is 0 Å². The molecule has 6 heteroatoms. The van der Waals surface area contributed by atoms with Gasteiger partial charge in [0.15, 0.2) is 0 Å². The molecule has 94 valence electrons. The molecule has 0 saturated carbocycles. The Balaban J connectivity index is 3.73. The molecule has 16 heavy (non-hydrogen) atoms. The fourth-order valence-corrected chi connectivity index (χ4v) is 1.43. The van der Waals surface area contributed by atoms with Crippen LogP contribution in [0.3, 0.4) is 0 Å². The van der Waals surface area contributed by atoms with Crippen molar-refractivity contribution in [2.75, 3.05) is 26.2 Å². The van der Waals surface area contributed by atoms with Crippen LogP contribution in [0.15, 0.2) is 0 Å². The highest BCUT2D eigenvalue weighted by Gasteiger charge is 2.11. The van der Waals surface area contributed by atoms with Crippen LogP contribution >= 0.6 is 0 Å². The van der Waals surface area contributed by atoms with E-state index in [4.69, 9.17) is 15.9 Å². The average molecular weight is 232 g/mol. The summed E-state index contributed by atoms with van der Waals surface area (Å²) in [5, 5.41) is 17.2. The third-order valence-electron chi connectivity index (χ3n) is 2.12. The number of unbranched alkanes of at least 4 members (excludes halogenated alkanes) is 3. The average Bonchev–Trinajstić information content (AvgIpc) is 2.15. The number of carboxylic acids is 1. The summed E-state index contributed by atoms with van der Waals surface area (Å²) in [4.78, 5) is 22.7. The molecule has 1 amide bonds. The number of primary amides is 1. The van der Waals surface area contributed by atoms with Gasteiger partial charge in [0.2, 0.25) is 5.91 Å². The normalized spacial score (nSPS) is 10.6. The lowest BCUT2D eigenvalue weighted by atomic mass is 10.2. The molecular formula is C10H20N2O4. The maximum absolute atomic E-state index is 10.7. The van der Waals surface area contributed by atoms with Crippen LogP contribution in [0, 0.1) is 0 Å². The molecule has 0 heterocycles. The molecule has 6 nitrogen and oxygen atoms in total. The summed E-state index contributed by atoms with van der Waals surface area (Å²) in [6.07, 6.45) is 3.39. The van der Waals surface area contributed by atoms with Crippen molar-refractivity contribution in [3.8, 4) is 0 Å². The third kappa shape index (κ3) is 9.42. The number of aliphatic hydroxyl groups is 1. The topological polar surface area (TPSA) is 104 Å². The minimum Gasteiger partial charge on any atom is -0.480 e. The predicted octanol–water partition coefficient (Wildman–Crippen LogP) is -0.589. The first-order valence-electron chi connectivity index (χ1n) is 5.39. The predicted molar refractivity (Wildman–Crippen MR) is 58.8 cm³/mol. The molecule has 0 aliphatic carbocycles. The van der Waals surface area contributed by atoms with E-state index < -0.39 is 11.9 Å². The summed E-state index contributed by atoms with van der Waals surface area (Å²) in [5.41, 5.74) is 5.01. The van der Waals surface area contributed by atoms with E-state index in [1.807, 2.05) is 0 Å². The molecule has 0 aliphatic heterocycles.